The summed E-state index contributed by atoms with van der Waals surface area (Å²) in [6, 6.07) is 5.74. The molecule has 0 spiro atoms. The highest BCUT2D eigenvalue weighted by Gasteiger charge is 2.19. The number of nitrogens with two attached hydrogens (primary N) is 1. The molecule has 20 heavy (non-hydrogen) atoms. The third-order valence-electron chi connectivity index (χ3n) is 3.38. The average molecular weight is 277 g/mol. The first-order valence-electron chi connectivity index (χ1n) is 6.71. The molecular weight excluding hydrogens is 254 g/mol. The summed E-state index contributed by atoms with van der Waals surface area (Å²) in [5.74, 6) is 0.0948. The first-order chi connectivity index (χ1) is 9.36. The van der Waals surface area contributed by atoms with Crippen molar-refractivity contribution in [3.63, 3.8) is 0 Å². The van der Waals surface area contributed by atoms with Gasteiger partial charge in [0.2, 0.25) is 0 Å². The van der Waals surface area contributed by atoms with Crippen LogP contribution in [0.15, 0.2) is 23.4 Å². The highest BCUT2D eigenvalue weighted by atomic mass is 16.4. The van der Waals surface area contributed by atoms with E-state index in [0.717, 1.165) is 11.1 Å². The van der Waals surface area contributed by atoms with E-state index in [1.165, 1.54) is 0 Å². The maximum Gasteiger partial charge on any atom is 0.254 e. The van der Waals surface area contributed by atoms with E-state index in [0.29, 0.717) is 18.5 Å². The van der Waals surface area contributed by atoms with Gasteiger partial charge in [0, 0.05) is 24.6 Å². The van der Waals surface area contributed by atoms with Crippen molar-refractivity contribution in [2.24, 2.45) is 10.9 Å². The van der Waals surface area contributed by atoms with Gasteiger partial charge in [-0.1, -0.05) is 11.2 Å². The lowest BCUT2D eigenvalue weighted by Gasteiger charge is -2.27. The van der Waals surface area contributed by atoms with Crippen molar-refractivity contribution < 1.29 is 10.0 Å². The predicted octanol–water partition coefficient (Wildman–Crippen LogP) is 2.29. The van der Waals surface area contributed by atoms with Gasteiger partial charge in [-0.05, 0) is 51.0 Å². The van der Waals surface area contributed by atoms with Gasteiger partial charge in [0.25, 0.3) is 5.91 Å². The van der Waals surface area contributed by atoms with Crippen LogP contribution in [-0.4, -0.2) is 34.4 Å². The third-order valence-corrected chi connectivity index (χ3v) is 3.38. The Hall–Kier alpha value is -2.04. The maximum atomic E-state index is 12.5. The van der Waals surface area contributed by atoms with Gasteiger partial charge < -0.3 is 15.8 Å². The van der Waals surface area contributed by atoms with Crippen molar-refractivity contribution in [1.29, 1.82) is 0 Å². The van der Waals surface area contributed by atoms with Gasteiger partial charge in [-0.2, -0.15) is 0 Å². The minimum absolute atomic E-state index is 0.0335. The zero-order valence-electron chi connectivity index (χ0n) is 12.6. The van der Waals surface area contributed by atoms with Crippen LogP contribution >= 0.6 is 0 Å². The number of hydrogen-bond acceptors (Lipinski definition) is 3. The number of carbonyl (C=O) groups is 1. The molecule has 5 nitrogen and oxygen atoms in total. The smallest absolute Gasteiger partial charge is 0.254 e. The van der Waals surface area contributed by atoms with E-state index in [9.17, 15) is 4.79 Å². The number of hydrogen-bond donors (Lipinski definition) is 2. The first kappa shape index (κ1) is 16.0. The molecule has 0 radical (unpaired) electrons. The van der Waals surface area contributed by atoms with Crippen LogP contribution in [0, 0.1) is 13.8 Å². The molecule has 110 valence electrons. The highest BCUT2D eigenvalue weighted by Crippen LogP contribution is 2.14. The molecule has 1 rings (SSSR count). The van der Waals surface area contributed by atoms with Crippen molar-refractivity contribution >= 4 is 11.7 Å². The molecule has 3 N–H and O–H groups in total. The third kappa shape index (κ3) is 3.98. The Morgan fingerprint density at radius 3 is 2.50 bits per heavy atom. The van der Waals surface area contributed by atoms with Crippen LogP contribution < -0.4 is 5.73 Å². The molecule has 5 heteroatoms. The summed E-state index contributed by atoms with van der Waals surface area (Å²) in [6.07, 6.45) is 0.352. The van der Waals surface area contributed by atoms with Crippen LogP contribution in [0.25, 0.3) is 0 Å². The monoisotopic (exact) mass is 277 g/mol. The predicted molar refractivity (Wildman–Crippen MR) is 80.1 cm³/mol. The number of rotatable bonds is 5. The summed E-state index contributed by atoms with van der Waals surface area (Å²) < 4.78 is 0. The Kier molecular flexibility index (Phi) is 5.55. The zero-order valence-corrected chi connectivity index (χ0v) is 12.6. The first-order valence-corrected chi connectivity index (χ1v) is 6.71. The van der Waals surface area contributed by atoms with Crippen LogP contribution in [-0.2, 0) is 0 Å². The van der Waals surface area contributed by atoms with Gasteiger partial charge in [0.15, 0.2) is 0 Å². The standard InChI is InChI=1S/C15H23N3O2/c1-10(2)18(8-7-14(16)17-20)15(19)13-6-5-11(3)12(4)9-13/h5-6,9-10,20H,7-8H2,1-4H3,(H2,16,17). The molecule has 0 atom stereocenters. The minimum Gasteiger partial charge on any atom is -0.409 e. The summed E-state index contributed by atoms with van der Waals surface area (Å²) in [4.78, 5) is 14.3. The van der Waals surface area contributed by atoms with E-state index in [2.05, 4.69) is 5.16 Å². The van der Waals surface area contributed by atoms with Crippen molar-refractivity contribution in [1.82, 2.24) is 4.90 Å². The van der Waals surface area contributed by atoms with Gasteiger partial charge in [-0.3, -0.25) is 4.79 Å². The maximum absolute atomic E-state index is 12.5. The van der Waals surface area contributed by atoms with Gasteiger partial charge in [0.1, 0.15) is 5.84 Å². The normalized spacial score (nSPS) is 11.8. The number of carbonyl (C=O) groups excluding carboxylic acids is 1. The second-order valence-corrected chi connectivity index (χ2v) is 5.23. The van der Waals surface area contributed by atoms with Gasteiger partial charge in [0.05, 0.1) is 0 Å². The molecule has 0 aliphatic carbocycles. The van der Waals surface area contributed by atoms with E-state index in [4.69, 9.17) is 10.9 Å². The summed E-state index contributed by atoms with van der Waals surface area (Å²) in [7, 11) is 0. The number of amides is 1. The number of nitrogens with zero attached hydrogens (tertiary/aromatic N) is 2. The Balaban J connectivity index is 2.90. The Morgan fingerprint density at radius 2 is 2.00 bits per heavy atom. The van der Waals surface area contributed by atoms with Gasteiger partial charge >= 0.3 is 0 Å². The number of oxime groups is 1. The van der Waals surface area contributed by atoms with Crippen molar-refractivity contribution in [2.75, 3.05) is 6.54 Å². The van der Waals surface area contributed by atoms with Crippen molar-refractivity contribution in [2.45, 2.75) is 40.2 Å². The van der Waals surface area contributed by atoms with Crippen molar-refractivity contribution in [3.8, 4) is 0 Å². The minimum atomic E-state index is -0.0335. The van der Waals surface area contributed by atoms with E-state index >= 15 is 0 Å². The Bertz CT molecular complexity index is 510. The largest absolute Gasteiger partial charge is 0.409 e. The topological polar surface area (TPSA) is 78.9 Å². The molecule has 0 aliphatic heterocycles. The summed E-state index contributed by atoms with van der Waals surface area (Å²) in [6.45, 7) is 8.33. The van der Waals surface area contributed by atoms with Crippen LogP contribution in [0.3, 0.4) is 0 Å². The SMILES string of the molecule is Cc1ccc(C(=O)N(CCC(N)=NO)C(C)C)cc1C. The van der Waals surface area contributed by atoms with E-state index < -0.39 is 0 Å². The molecular formula is C15H23N3O2. The molecule has 0 unspecified atom stereocenters. The molecule has 1 amide bonds. The number of aryl methyl sites for hydroxylation is 2. The van der Waals surface area contributed by atoms with Crippen LogP contribution in [0.5, 0.6) is 0 Å². The van der Waals surface area contributed by atoms with Crippen LogP contribution in [0.1, 0.15) is 41.8 Å². The molecule has 0 fully saturated rings. The number of benzene rings is 1. The fourth-order valence-electron chi connectivity index (χ4n) is 1.92. The lowest BCUT2D eigenvalue weighted by Crippen LogP contribution is -2.39. The van der Waals surface area contributed by atoms with E-state index in [1.54, 1.807) is 4.90 Å². The second kappa shape index (κ2) is 6.93. The molecule has 0 aromatic heterocycles. The second-order valence-electron chi connectivity index (χ2n) is 5.23. The van der Waals surface area contributed by atoms with Crippen LogP contribution in [0.4, 0.5) is 0 Å². The van der Waals surface area contributed by atoms with Crippen LogP contribution in [0.2, 0.25) is 0 Å². The summed E-state index contributed by atoms with van der Waals surface area (Å²) >= 11 is 0. The van der Waals surface area contributed by atoms with Crippen molar-refractivity contribution in [3.05, 3.63) is 34.9 Å². The number of amidine groups is 1. The molecule has 1 aromatic rings. The Morgan fingerprint density at radius 1 is 1.35 bits per heavy atom. The van der Waals surface area contributed by atoms with E-state index in [1.807, 2.05) is 45.9 Å². The van der Waals surface area contributed by atoms with E-state index in [-0.39, 0.29) is 17.8 Å². The fraction of sp³-hybridized carbons (Fsp3) is 0.467. The highest BCUT2D eigenvalue weighted by molar-refractivity contribution is 5.95. The average Bonchev–Trinajstić information content (AvgIpc) is 2.41. The fourth-order valence-corrected chi connectivity index (χ4v) is 1.92. The quantitative estimate of drug-likeness (QED) is 0.375. The molecule has 1 aromatic carbocycles. The summed E-state index contributed by atoms with van der Waals surface area (Å²) in [5, 5.41) is 11.5. The van der Waals surface area contributed by atoms with Gasteiger partial charge in [-0.25, -0.2) is 0 Å². The zero-order chi connectivity index (χ0) is 15.3. The molecule has 0 saturated carbocycles. The Labute approximate surface area is 120 Å². The molecule has 0 aliphatic rings. The molecule has 0 bridgehead atoms. The molecule has 0 saturated heterocycles. The lowest BCUT2D eigenvalue weighted by atomic mass is 10.0. The lowest BCUT2D eigenvalue weighted by molar-refractivity contribution is 0.0711. The van der Waals surface area contributed by atoms with Gasteiger partial charge in [-0.15, -0.1) is 0 Å². The summed E-state index contributed by atoms with van der Waals surface area (Å²) in [5.41, 5.74) is 8.39. The molecule has 0 heterocycles.